The van der Waals surface area contributed by atoms with Gasteiger partial charge in [0.25, 0.3) is 5.89 Å². The predicted molar refractivity (Wildman–Crippen MR) is 84.9 cm³/mol. The van der Waals surface area contributed by atoms with E-state index in [-0.39, 0.29) is 0 Å². The van der Waals surface area contributed by atoms with Crippen LogP contribution in [-0.4, -0.2) is 10.1 Å². The first-order valence-electron chi connectivity index (χ1n) is 6.59. The van der Waals surface area contributed by atoms with Crippen LogP contribution in [0.4, 0.5) is 5.69 Å². The number of nitrogens with two attached hydrogens (primary N) is 1. The molecule has 0 spiro atoms. The Morgan fingerprint density at radius 3 is 2.71 bits per heavy atom. The lowest BCUT2D eigenvalue weighted by molar-refractivity contribution is 0.425. The molecule has 2 aromatic carbocycles. The van der Waals surface area contributed by atoms with Crippen LogP contribution < -0.4 is 5.73 Å². The van der Waals surface area contributed by atoms with Gasteiger partial charge in [-0.15, -0.1) is 11.8 Å². The molecule has 3 rings (SSSR count). The van der Waals surface area contributed by atoms with Gasteiger partial charge in [-0.1, -0.05) is 23.4 Å². The first-order chi connectivity index (χ1) is 10.2. The fraction of sp³-hybridized carbons (Fsp3) is 0.125. The first-order valence-corrected chi connectivity index (χ1v) is 7.58. The molecule has 3 aromatic rings. The molecule has 1 heterocycles. The summed E-state index contributed by atoms with van der Waals surface area (Å²) in [5.74, 6) is 1.90. The van der Waals surface area contributed by atoms with Crippen molar-refractivity contribution < 1.29 is 4.52 Å². The van der Waals surface area contributed by atoms with Crippen LogP contribution >= 0.6 is 11.8 Å². The molecule has 0 saturated heterocycles. The van der Waals surface area contributed by atoms with Crippen LogP contribution in [0.15, 0.2) is 57.9 Å². The van der Waals surface area contributed by atoms with Gasteiger partial charge in [-0.2, -0.15) is 4.98 Å². The van der Waals surface area contributed by atoms with Crippen molar-refractivity contribution in [2.24, 2.45) is 0 Å². The Morgan fingerprint density at radius 1 is 1.14 bits per heavy atom. The summed E-state index contributed by atoms with van der Waals surface area (Å²) in [6, 6.07) is 15.9. The van der Waals surface area contributed by atoms with Gasteiger partial charge < -0.3 is 10.3 Å². The van der Waals surface area contributed by atoms with E-state index in [2.05, 4.69) is 22.3 Å². The summed E-state index contributed by atoms with van der Waals surface area (Å²) in [5, 5.41) is 4.02. The molecule has 0 amide bonds. The zero-order valence-electron chi connectivity index (χ0n) is 11.6. The number of hydrogen-bond donors (Lipinski definition) is 1. The van der Waals surface area contributed by atoms with E-state index in [9.17, 15) is 0 Å². The SMILES string of the molecule is Cc1cc(-c2nc(CSc3ccccc3)no2)ccc1N. The Balaban J connectivity index is 1.72. The van der Waals surface area contributed by atoms with E-state index >= 15 is 0 Å². The van der Waals surface area contributed by atoms with Gasteiger partial charge in [0.2, 0.25) is 0 Å². The number of benzene rings is 2. The number of thioether (sulfide) groups is 1. The number of rotatable bonds is 4. The van der Waals surface area contributed by atoms with Crippen molar-refractivity contribution in [2.45, 2.75) is 17.6 Å². The van der Waals surface area contributed by atoms with Crippen molar-refractivity contribution in [3.63, 3.8) is 0 Å². The van der Waals surface area contributed by atoms with Gasteiger partial charge in [-0.25, -0.2) is 0 Å². The highest BCUT2D eigenvalue weighted by Crippen LogP contribution is 2.24. The molecule has 5 heteroatoms. The third-order valence-corrected chi connectivity index (χ3v) is 4.10. The molecule has 0 atom stereocenters. The smallest absolute Gasteiger partial charge is 0.257 e. The molecule has 0 aliphatic carbocycles. The predicted octanol–water partition coefficient (Wildman–Crippen LogP) is 3.92. The Hall–Kier alpha value is -2.27. The Labute approximate surface area is 127 Å². The summed E-state index contributed by atoms with van der Waals surface area (Å²) in [5.41, 5.74) is 8.48. The summed E-state index contributed by atoms with van der Waals surface area (Å²) in [4.78, 5) is 5.61. The summed E-state index contributed by atoms with van der Waals surface area (Å²) in [7, 11) is 0. The second-order valence-electron chi connectivity index (χ2n) is 4.69. The van der Waals surface area contributed by atoms with E-state index in [4.69, 9.17) is 10.3 Å². The highest BCUT2D eigenvalue weighted by Gasteiger charge is 2.10. The molecule has 2 N–H and O–H groups in total. The second kappa shape index (κ2) is 6.01. The zero-order chi connectivity index (χ0) is 14.7. The molecule has 0 saturated carbocycles. The number of nitrogen functional groups attached to an aromatic ring is 1. The number of anilines is 1. The number of hydrogen-bond acceptors (Lipinski definition) is 5. The van der Waals surface area contributed by atoms with Crippen LogP contribution in [0.5, 0.6) is 0 Å². The minimum absolute atomic E-state index is 0.529. The lowest BCUT2D eigenvalue weighted by atomic mass is 10.1. The van der Waals surface area contributed by atoms with E-state index in [1.807, 2.05) is 43.3 Å². The highest BCUT2D eigenvalue weighted by atomic mass is 32.2. The van der Waals surface area contributed by atoms with Crippen LogP contribution in [-0.2, 0) is 5.75 Å². The van der Waals surface area contributed by atoms with Crippen molar-refractivity contribution in [1.29, 1.82) is 0 Å². The summed E-state index contributed by atoms with van der Waals surface area (Å²) in [6.45, 7) is 1.96. The molecular formula is C16H15N3OS. The zero-order valence-corrected chi connectivity index (χ0v) is 12.4. The van der Waals surface area contributed by atoms with Crippen LogP contribution in [0, 0.1) is 6.92 Å². The summed E-state index contributed by atoms with van der Waals surface area (Å²) in [6.07, 6.45) is 0. The maximum Gasteiger partial charge on any atom is 0.257 e. The molecule has 0 unspecified atom stereocenters. The van der Waals surface area contributed by atoms with Crippen LogP contribution in [0.3, 0.4) is 0 Å². The molecule has 0 bridgehead atoms. The molecule has 0 radical (unpaired) electrons. The molecule has 4 nitrogen and oxygen atoms in total. The van der Waals surface area contributed by atoms with Crippen molar-refractivity contribution >= 4 is 17.4 Å². The fourth-order valence-electron chi connectivity index (χ4n) is 1.90. The largest absolute Gasteiger partial charge is 0.399 e. The average Bonchev–Trinajstić information content (AvgIpc) is 2.98. The topological polar surface area (TPSA) is 64.9 Å². The third-order valence-electron chi connectivity index (χ3n) is 3.10. The lowest BCUT2D eigenvalue weighted by Crippen LogP contribution is -1.89. The molecule has 0 aliphatic rings. The monoisotopic (exact) mass is 297 g/mol. The van der Waals surface area contributed by atoms with E-state index < -0.39 is 0 Å². The molecule has 21 heavy (non-hydrogen) atoms. The minimum Gasteiger partial charge on any atom is -0.399 e. The molecule has 106 valence electrons. The van der Waals surface area contributed by atoms with Gasteiger partial charge >= 0.3 is 0 Å². The van der Waals surface area contributed by atoms with Crippen LogP contribution in [0.2, 0.25) is 0 Å². The normalized spacial score (nSPS) is 10.7. The maximum absolute atomic E-state index is 5.81. The minimum atomic E-state index is 0.529. The van der Waals surface area contributed by atoms with Gasteiger partial charge in [-0.05, 0) is 42.8 Å². The molecule has 1 aromatic heterocycles. The summed E-state index contributed by atoms with van der Waals surface area (Å²) >= 11 is 1.68. The van der Waals surface area contributed by atoms with Crippen molar-refractivity contribution in [1.82, 2.24) is 10.1 Å². The first kappa shape index (κ1) is 13.7. The summed E-state index contributed by atoms with van der Waals surface area (Å²) < 4.78 is 5.32. The van der Waals surface area contributed by atoms with Crippen molar-refractivity contribution in [3.8, 4) is 11.5 Å². The van der Waals surface area contributed by atoms with Crippen LogP contribution in [0.25, 0.3) is 11.5 Å². The Bertz CT molecular complexity index is 740. The van der Waals surface area contributed by atoms with Gasteiger partial charge in [0.1, 0.15) is 0 Å². The van der Waals surface area contributed by atoms with E-state index in [0.29, 0.717) is 17.5 Å². The molecular weight excluding hydrogens is 282 g/mol. The van der Waals surface area contributed by atoms with Crippen molar-refractivity contribution in [2.75, 3.05) is 5.73 Å². The quantitative estimate of drug-likeness (QED) is 0.584. The van der Waals surface area contributed by atoms with Crippen molar-refractivity contribution in [3.05, 3.63) is 59.9 Å². The van der Waals surface area contributed by atoms with E-state index in [0.717, 1.165) is 16.8 Å². The fourth-order valence-corrected chi connectivity index (χ4v) is 2.67. The third kappa shape index (κ3) is 3.25. The van der Waals surface area contributed by atoms with Gasteiger partial charge in [-0.3, -0.25) is 0 Å². The van der Waals surface area contributed by atoms with Gasteiger partial charge in [0.05, 0.1) is 5.75 Å². The number of nitrogens with zero attached hydrogens (tertiary/aromatic N) is 2. The Morgan fingerprint density at radius 2 is 1.95 bits per heavy atom. The van der Waals surface area contributed by atoms with Crippen LogP contribution in [0.1, 0.15) is 11.4 Å². The number of aryl methyl sites for hydroxylation is 1. The van der Waals surface area contributed by atoms with Gasteiger partial charge in [0.15, 0.2) is 5.82 Å². The Kier molecular flexibility index (Phi) is 3.92. The number of aromatic nitrogens is 2. The van der Waals surface area contributed by atoms with E-state index in [1.54, 1.807) is 11.8 Å². The van der Waals surface area contributed by atoms with Gasteiger partial charge in [0, 0.05) is 16.1 Å². The average molecular weight is 297 g/mol. The molecule has 0 fully saturated rings. The van der Waals surface area contributed by atoms with E-state index in [1.165, 1.54) is 4.90 Å². The molecule has 0 aliphatic heterocycles. The lowest BCUT2D eigenvalue weighted by Gasteiger charge is -2.00. The highest BCUT2D eigenvalue weighted by molar-refractivity contribution is 7.98. The maximum atomic E-state index is 5.81. The second-order valence-corrected chi connectivity index (χ2v) is 5.74. The standard InChI is InChI=1S/C16H15N3OS/c1-11-9-12(7-8-14(11)17)16-18-15(19-20-16)10-21-13-5-3-2-4-6-13/h2-9H,10,17H2,1H3.